The summed E-state index contributed by atoms with van der Waals surface area (Å²) in [5, 5.41) is 12.3. The average Bonchev–Trinajstić information content (AvgIpc) is 2.81. The summed E-state index contributed by atoms with van der Waals surface area (Å²) in [5.41, 5.74) is 6.39. The molecule has 7 heteroatoms. The molecule has 0 aliphatic heterocycles. The summed E-state index contributed by atoms with van der Waals surface area (Å²) in [6, 6.07) is 8.20. The number of thiophene rings is 1. The Bertz CT molecular complexity index is 721. The molecule has 1 heterocycles. The minimum Gasteiger partial charge on any atom is -0.465 e. The van der Waals surface area contributed by atoms with Crippen LogP contribution in [0.1, 0.15) is 20.8 Å². The number of nitrogens with two attached hydrogens (primary N) is 1. The maximum Gasteiger partial charge on any atom is 0.343 e. The number of carbonyl (C=O) groups excluding carboxylic acids is 1. The third kappa shape index (κ3) is 2.95. The highest BCUT2D eigenvalue weighted by Crippen LogP contribution is 2.36. The fourth-order valence-electron chi connectivity index (χ4n) is 1.77. The average molecular weight is 305 g/mol. The number of nitrogens with zero attached hydrogens (tertiary/aromatic N) is 1. The summed E-state index contributed by atoms with van der Waals surface area (Å²) in [7, 11) is 1.23. The number of carbonyl (C=O) groups is 1. The third-order valence-corrected chi connectivity index (χ3v) is 3.90. The Labute approximate surface area is 124 Å². The van der Waals surface area contributed by atoms with Crippen LogP contribution >= 0.6 is 11.3 Å². The predicted molar refractivity (Wildman–Crippen MR) is 78.5 cm³/mol. The van der Waals surface area contributed by atoms with Crippen LogP contribution in [0.5, 0.6) is 0 Å². The van der Waals surface area contributed by atoms with Gasteiger partial charge in [-0.1, -0.05) is 18.2 Å². The highest BCUT2D eigenvalue weighted by molar-refractivity contribution is 7.17. The van der Waals surface area contributed by atoms with Crippen molar-refractivity contribution in [1.29, 1.82) is 5.26 Å². The van der Waals surface area contributed by atoms with Crippen molar-refractivity contribution in [3.63, 3.8) is 0 Å². The van der Waals surface area contributed by atoms with Crippen LogP contribution in [0.3, 0.4) is 0 Å². The topological polar surface area (TPSA) is 88.1 Å². The molecule has 0 aliphatic carbocycles. The maximum absolute atomic E-state index is 13.6. The van der Waals surface area contributed by atoms with Gasteiger partial charge in [0.15, 0.2) is 0 Å². The van der Waals surface area contributed by atoms with Crippen LogP contribution in [0, 0.1) is 17.1 Å². The monoisotopic (exact) mass is 305 g/mol. The number of hydrogen-bond donors (Lipinski definition) is 2. The van der Waals surface area contributed by atoms with Crippen molar-refractivity contribution in [2.24, 2.45) is 0 Å². The number of methoxy groups -OCH3 is 1. The molecular weight excluding hydrogens is 293 g/mol. The van der Waals surface area contributed by atoms with Gasteiger partial charge < -0.3 is 15.8 Å². The van der Waals surface area contributed by atoms with E-state index in [-0.39, 0.29) is 28.5 Å². The van der Waals surface area contributed by atoms with Crippen molar-refractivity contribution in [2.75, 3.05) is 18.2 Å². The zero-order chi connectivity index (χ0) is 15.4. The second-order valence-electron chi connectivity index (χ2n) is 4.10. The number of ether oxygens (including phenoxy) is 1. The zero-order valence-electron chi connectivity index (χ0n) is 11.1. The van der Waals surface area contributed by atoms with Crippen molar-refractivity contribution in [3.8, 4) is 6.07 Å². The van der Waals surface area contributed by atoms with Gasteiger partial charge in [-0.15, -0.1) is 11.3 Å². The second-order valence-corrected chi connectivity index (χ2v) is 5.12. The lowest BCUT2D eigenvalue weighted by molar-refractivity contribution is 0.0603. The van der Waals surface area contributed by atoms with Gasteiger partial charge in [0, 0.05) is 12.1 Å². The molecule has 0 amide bonds. The van der Waals surface area contributed by atoms with Crippen molar-refractivity contribution >= 4 is 28.0 Å². The van der Waals surface area contributed by atoms with E-state index in [1.54, 1.807) is 18.2 Å². The zero-order valence-corrected chi connectivity index (χ0v) is 12.0. The number of nitriles is 1. The van der Waals surface area contributed by atoms with Gasteiger partial charge in [0.05, 0.1) is 12.8 Å². The largest absolute Gasteiger partial charge is 0.465 e. The standard InChI is InChI=1S/C14H12FN3O2S/c1-20-14(19)11-12(17)10(6-16)21-13(11)18-7-8-4-2-3-5-9(8)15/h2-5,18H,7,17H2,1H3. The van der Waals surface area contributed by atoms with Crippen molar-refractivity contribution in [2.45, 2.75) is 6.54 Å². The summed E-state index contributed by atoms with van der Waals surface area (Å²) in [4.78, 5) is 12.0. The molecule has 1 aromatic carbocycles. The van der Waals surface area contributed by atoms with E-state index in [0.29, 0.717) is 10.6 Å². The Hall–Kier alpha value is -2.59. The van der Waals surface area contributed by atoms with Gasteiger partial charge in [-0.2, -0.15) is 5.26 Å². The van der Waals surface area contributed by atoms with E-state index in [9.17, 15) is 9.18 Å². The van der Waals surface area contributed by atoms with E-state index in [4.69, 9.17) is 11.0 Å². The van der Waals surface area contributed by atoms with Crippen LogP contribution in [-0.4, -0.2) is 13.1 Å². The SMILES string of the molecule is COC(=O)c1c(NCc2ccccc2F)sc(C#N)c1N. The minimum atomic E-state index is -0.638. The molecule has 0 bridgehead atoms. The first-order chi connectivity index (χ1) is 10.1. The van der Waals surface area contributed by atoms with E-state index >= 15 is 0 Å². The Morgan fingerprint density at radius 1 is 1.52 bits per heavy atom. The molecule has 5 nitrogen and oxygen atoms in total. The minimum absolute atomic E-state index is 0.0744. The van der Waals surface area contributed by atoms with Gasteiger partial charge in [0.1, 0.15) is 27.3 Å². The van der Waals surface area contributed by atoms with E-state index in [1.807, 2.05) is 6.07 Å². The summed E-state index contributed by atoms with van der Waals surface area (Å²) < 4.78 is 18.2. The molecule has 0 radical (unpaired) electrons. The van der Waals surface area contributed by atoms with E-state index in [1.165, 1.54) is 13.2 Å². The first-order valence-corrected chi connectivity index (χ1v) is 6.78. The van der Waals surface area contributed by atoms with Gasteiger partial charge in [-0.25, -0.2) is 9.18 Å². The molecule has 0 saturated heterocycles. The number of hydrogen-bond acceptors (Lipinski definition) is 6. The molecule has 21 heavy (non-hydrogen) atoms. The third-order valence-electron chi connectivity index (χ3n) is 2.83. The Kier molecular flexibility index (Phi) is 4.40. The molecule has 1 aromatic heterocycles. The highest BCUT2D eigenvalue weighted by Gasteiger charge is 2.22. The van der Waals surface area contributed by atoms with Crippen LogP contribution in [-0.2, 0) is 11.3 Å². The van der Waals surface area contributed by atoms with E-state index in [2.05, 4.69) is 10.1 Å². The van der Waals surface area contributed by atoms with Crippen molar-refractivity contribution in [1.82, 2.24) is 0 Å². The molecule has 2 rings (SSSR count). The molecule has 3 N–H and O–H groups in total. The fourth-order valence-corrected chi connectivity index (χ4v) is 2.67. The van der Waals surface area contributed by atoms with Gasteiger partial charge in [0.2, 0.25) is 0 Å². The lowest BCUT2D eigenvalue weighted by Gasteiger charge is -2.07. The molecule has 2 aromatic rings. The van der Waals surface area contributed by atoms with Gasteiger partial charge in [-0.05, 0) is 6.07 Å². The molecule has 0 fully saturated rings. The number of rotatable bonds is 4. The number of nitrogens with one attached hydrogen (secondary N) is 1. The summed E-state index contributed by atoms with van der Waals surface area (Å²) in [6.07, 6.45) is 0. The molecule has 0 unspecified atom stereocenters. The van der Waals surface area contributed by atoms with E-state index < -0.39 is 5.97 Å². The van der Waals surface area contributed by atoms with Crippen molar-refractivity contribution < 1.29 is 13.9 Å². The van der Waals surface area contributed by atoms with Gasteiger partial charge in [0.25, 0.3) is 0 Å². The quantitative estimate of drug-likeness (QED) is 0.848. The number of halogens is 1. The molecule has 0 spiro atoms. The summed E-state index contributed by atoms with van der Waals surface area (Å²) in [5.74, 6) is -0.990. The summed E-state index contributed by atoms with van der Waals surface area (Å²) in [6.45, 7) is 0.168. The first kappa shape index (κ1) is 14.8. The molecule has 0 atom stereocenters. The summed E-state index contributed by atoms with van der Waals surface area (Å²) >= 11 is 1.03. The highest BCUT2D eigenvalue weighted by atomic mass is 32.1. The second kappa shape index (κ2) is 6.24. The van der Waals surface area contributed by atoms with Crippen LogP contribution in [0.25, 0.3) is 0 Å². The fraction of sp³-hybridized carbons (Fsp3) is 0.143. The Morgan fingerprint density at radius 3 is 2.86 bits per heavy atom. The van der Waals surface area contributed by atoms with Crippen LogP contribution in [0.2, 0.25) is 0 Å². The molecule has 0 aliphatic rings. The number of anilines is 2. The van der Waals surface area contributed by atoms with Crippen LogP contribution in [0.4, 0.5) is 15.1 Å². The molecular formula is C14H12FN3O2S. The smallest absolute Gasteiger partial charge is 0.343 e. The van der Waals surface area contributed by atoms with Crippen LogP contribution in [0.15, 0.2) is 24.3 Å². The molecule has 0 saturated carbocycles. The number of esters is 1. The maximum atomic E-state index is 13.6. The van der Waals surface area contributed by atoms with E-state index in [0.717, 1.165) is 11.3 Å². The normalized spacial score (nSPS) is 9.95. The number of benzene rings is 1. The lowest BCUT2D eigenvalue weighted by atomic mass is 10.2. The first-order valence-electron chi connectivity index (χ1n) is 5.96. The predicted octanol–water partition coefficient (Wildman–Crippen LogP) is 2.74. The van der Waals surface area contributed by atoms with Gasteiger partial charge in [-0.3, -0.25) is 0 Å². The van der Waals surface area contributed by atoms with Gasteiger partial charge >= 0.3 is 5.97 Å². The Morgan fingerprint density at radius 2 is 2.24 bits per heavy atom. The molecule has 108 valence electrons. The Balaban J connectivity index is 2.30. The van der Waals surface area contributed by atoms with Crippen LogP contribution < -0.4 is 11.1 Å². The van der Waals surface area contributed by atoms with Crippen molar-refractivity contribution in [3.05, 3.63) is 46.1 Å². The lowest BCUT2D eigenvalue weighted by Crippen LogP contribution is -2.08. The number of nitrogen functional groups attached to an aromatic ring is 1.